The first-order valence-corrected chi connectivity index (χ1v) is 8.49. The van der Waals surface area contributed by atoms with Crippen molar-refractivity contribution in [2.45, 2.75) is 70.4 Å². The number of hydrogen-bond acceptors (Lipinski definition) is 3. The second-order valence-electron chi connectivity index (χ2n) is 7.01. The normalized spacial score (nSPS) is 34.5. The molecule has 1 aromatic rings. The molecular weight excluding hydrogens is 248 g/mol. The Morgan fingerprint density at radius 1 is 1.00 bits per heavy atom. The average Bonchev–Trinajstić information content (AvgIpc) is 3.14. The summed E-state index contributed by atoms with van der Waals surface area (Å²) < 4.78 is 2.48. The fourth-order valence-electron chi connectivity index (χ4n) is 4.86. The molecule has 4 rings (SSSR count). The molecule has 110 valence electrons. The highest BCUT2D eigenvalue weighted by Gasteiger charge is 2.42. The molecule has 0 aromatic carbocycles. The Labute approximate surface area is 121 Å². The summed E-state index contributed by atoms with van der Waals surface area (Å²) in [6, 6.07) is 1.11. The van der Waals surface area contributed by atoms with E-state index in [9.17, 15) is 0 Å². The number of aryl methyl sites for hydroxylation is 1. The van der Waals surface area contributed by atoms with Gasteiger partial charge in [0, 0.05) is 6.04 Å². The van der Waals surface area contributed by atoms with Gasteiger partial charge in [-0.3, -0.25) is 0 Å². The molecule has 0 amide bonds. The molecule has 4 nitrogen and oxygen atoms in total. The van der Waals surface area contributed by atoms with Gasteiger partial charge in [-0.15, -0.1) is 10.2 Å². The first-order chi connectivity index (χ1) is 9.84. The van der Waals surface area contributed by atoms with E-state index in [1.807, 2.05) is 0 Å². The van der Waals surface area contributed by atoms with E-state index < -0.39 is 0 Å². The van der Waals surface area contributed by atoms with E-state index in [0.717, 1.165) is 17.7 Å². The number of nitrogens with zero attached hydrogens (tertiary/aromatic N) is 3. The van der Waals surface area contributed by atoms with Crippen molar-refractivity contribution in [2.24, 2.45) is 11.8 Å². The lowest BCUT2D eigenvalue weighted by Crippen LogP contribution is -2.25. The third-order valence-electron chi connectivity index (χ3n) is 5.86. The molecule has 1 aromatic heterocycles. The predicted molar refractivity (Wildman–Crippen MR) is 78.5 cm³/mol. The summed E-state index contributed by atoms with van der Waals surface area (Å²) in [7, 11) is 0. The van der Waals surface area contributed by atoms with Crippen LogP contribution in [-0.4, -0.2) is 21.3 Å². The molecule has 3 unspecified atom stereocenters. The summed E-state index contributed by atoms with van der Waals surface area (Å²) in [5, 5.41) is 12.8. The summed E-state index contributed by atoms with van der Waals surface area (Å²) in [6.07, 6.45) is 10.9. The van der Waals surface area contributed by atoms with Crippen LogP contribution in [0.25, 0.3) is 0 Å². The minimum Gasteiger partial charge on any atom is -0.311 e. The van der Waals surface area contributed by atoms with Crippen LogP contribution in [0.15, 0.2) is 0 Å². The van der Waals surface area contributed by atoms with Gasteiger partial charge in [0.15, 0.2) is 5.82 Å². The Morgan fingerprint density at radius 3 is 2.70 bits per heavy atom. The Balaban J connectivity index is 1.64. The van der Waals surface area contributed by atoms with E-state index in [1.165, 1.54) is 63.7 Å². The number of aromatic nitrogens is 3. The highest BCUT2D eigenvalue weighted by molar-refractivity contribution is 5.09. The fraction of sp³-hybridized carbons (Fsp3) is 0.875. The van der Waals surface area contributed by atoms with E-state index >= 15 is 0 Å². The molecule has 1 N–H and O–H groups in total. The minimum absolute atomic E-state index is 0.464. The predicted octanol–water partition coefficient (Wildman–Crippen LogP) is 3.15. The summed E-state index contributed by atoms with van der Waals surface area (Å²) in [6.45, 7) is 3.32. The van der Waals surface area contributed by atoms with Crippen molar-refractivity contribution in [3.8, 4) is 0 Å². The van der Waals surface area contributed by atoms with Crippen LogP contribution in [0.3, 0.4) is 0 Å². The number of nitrogens with one attached hydrogen (secondary N) is 1. The topological polar surface area (TPSA) is 42.7 Å². The average molecular weight is 274 g/mol. The van der Waals surface area contributed by atoms with Gasteiger partial charge in [-0.1, -0.05) is 25.7 Å². The molecule has 4 heteroatoms. The molecule has 3 atom stereocenters. The monoisotopic (exact) mass is 274 g/mol. The van der Waals surface area contributed by atoms with Gasteiger partial charge >= 0.3 is 0 Å². The van der Waals surface area contributed by atoms with Gasteiger partial charge in [0.2, 0.25) is 0 Å². The molecule has 2 aliphatic carbocycles. The SMILES string of the molecule is Cc1nnc(C2NCC3CCCC32)n1C1CCCCC1. The lowest BCUT2D eigenvalue weighted by atomic mass is 9.92. The molecule has 2 saturated carbocycles. The lowest BCUT2D eigenvalue weighted by Gasteiger charge is -2.28. The van der Waals surface area contributed by atoms with E-state index in [4.69, 9.17) is 0 Å². The molecule has 3 aliphatic rings. The van der Waals surface area contributed by atoms with Crippen LogP contribution in [0.2, 0.25) is 0 Å². The smallest absolute Gasteiger partial charge is 0.150 e. The van der Waals surface area contributed by atoms with Crippen LogP contribution in [0.5, 0.6) is 0 Å². The van der Waals surface area contributed by atoms with E-state index in [2.05, 4.69) is 27.0 Å². The summed E-state index contributed by atoms with van der Waals surface area (Å²) in [5.74, 6) is 4.05. The number of fused-ring (bicyclic) bond motifs is 1. The Hall–Kier alpha value is -0.900. The molecule has 0 spiro atoms. The maximum Gasteiger partial charge on any atom is 0.150 e. The summed E-state index contributed by atoms with van der Waals surface area (Å²) in [5.41, 5.74) is 0. The van der Waals surface area contributed by atoms with Crippen molar-refractivity contribution >= 4 is 0 Å². The molecular formula is C16H26N4. The van der Waals surface area contributed by atoms with Crippen molar-refractivity contribution in [3.05, 3.63) is 11.6 Å². The van der Waals surface area contributed by atoms with Gasteiger partial charge in [-0.2, -0.15) is 0 Å². The van der Waals surface area contributed by atoms with Crippen molar-refractivity contribution in [1.82, 2.24) is 20.1 Å². The zero-order valence-electron chi connectivity index (χ0n) is 12.5. The van der Waals surface area contributed by atoms with Gasteiger partial charge < -0.3 is 9.88 Å². The van der Waals surface area contributed by atoms with Gasteiger partial charge in [0.25, 0.3) is 0 Å². The van der Waals surface area contributed by atoms with E-state index in [1.54, 1.807) is 0 Å². The van der Waals surface area contributed by atoms with Crippen LogP contribution >= 0.6 is 0 Å². The molecule has 1 aliphatic heterocycles. The van der Waals surface area contributed by atoms with Gasteiger partial charge in [0.05, 0.1) is 6.04 Å². The van der Waals surface area contributed by atoms with Gasteiger partial charge in [-0.05, 0) is 51.0 Å². The molecule has 3 fully saturated rings. The molecule has 0 bridgehead atoms. The molecule has 20 heavy (non-hydrogen) atoms. The highest BCUT2D eigenvalue weighted by atomic mass is 15.3. The number of rotatable bonds is 2. The first-order valence-electron chi connectivity index (χ1n) is 8.49. The largest absolute Gasteiger partial charge is 0.311 e. The van der Waals surface area contributed by atoms with Crippen molar-refractivity contribution in [2.75, 3.05) is 6.54 Å². The standard InChI is InChI=1S/C16H26N4/c1-11-18-19-16(20(11)13-7-3-2-4-8-13)15-14-9-5-6-12(14)10-17-15/h12-15,17H,2-10H2,1H3. The van der Waals surface area contributed by atoms with Gasteiger partial charge in [-0.25, -0.2) is 0 Å². The van der Waals surface area contributed by atoms with Crippen molar-refractivity contribution in [3.63, 3.8) is 0 Å². The molecule has 2 heterocycles. The highest BCUT2D eigenvalue weighted by Crippen LogP contribution is 2.44. The van der Waals surface area contributed by atoms with Crippen LogP contribution in [0.4, 0.5) is 0 Å². The maximum atomic E-state index is 4.58. The maximum absolute atomic E-state index is 4.58. The molecule has 0 radical (unpaired) electrons. The third kappa shape index (κ3) is 2.00. The van der Waals surface area contributed by atoms with Crippen LogP contribution in [0, 0.1) is 18.8 Å². The Morgan fingerprint density at radius 2 is 1.85 bits per heavy atom. The second-order valence-corrected chi connectivity index (χ2v) is 7.01. The first kappa shape index (κ1) is 12.8. The molecule has 1 saturated heterocycles. The fourth-order valence-corrected chi connectivity index (χ4v) is 4.86. The number of hydrogen-bond donors (Lipinski definition) is 1. The minimum atomic E-state index is 0.464. The third-order valence-corrected chi connectivity index (χ3v) is 5.86. The summed E-state index contributed by atoms with van der Waals surface area (Å²) in [4.78, 5) is 0. The van der Waals surface area contributed by atoms with Crippen LogP contribution < -0.4 is 5.32 Å². The van der Waals surface area contributed by atoms with E-state index in [0.29, 0.717) is 12.1 Å². The second kappa shape index (κ2) is 5.14. The lowest BCUT2D eigenvalue weighted by molar-refractivity contribution is 0.318. The quantitative estimate of drug-likeness (QED) is 0.901. The Kier molecular flexibility index (Phi) is 3.29. The summed E-state index contributed by atoms with van der Waals surface area (Å²) >= 11 is 0. The zero-order valence-corrected chi connectivity index (χ0v) is 12.5. The van der Waals surface area contributed by atoms with Crippen molar-refractivity contribution < 1.29 is 0 Å². The van der Waals surface area contributed by atoms with Crippen molar-refractivity contribution in [1.29, 1.82) is 0 Å². The van der Waals surface area contributed by atoms with Gasteiger partial charge in [0.1, 0.15) is 5.82 Å². The zero-order chi connectivity index (χ0) is 13.5. The Bertz CT molecular complexity index is 475. The van der Waals surface area contributed by atoms with Crippen LogP contribution in [-0.2, 0) is 0 Å². The van der Waals surface area contributed by atoms with Crippen LogP contribution in [0.1, 0.15) is 75.1 Å². The van der Waals surface area contributed by atoms with E-state index in [-0.39, 0.29) is 0 Å².